The number of fused-ring (bicyclic) bond motifs is 1. The lowest BCUT2D eigenvalue weighted by molar-refractivity contribution is -0.131. The largest absolute Gasteiger partial charge is 0.478 e. The fraction of sp³-hybridized carbons (Fsp3) is 0.296. The van der Waals surface area contributed by atoms with Crippen LogP contribution in [0.15, 0.2) is 54.6 Å². The molecule has 5 rings (SSSR count). The molecule has 8 heteroatoms. The number of carbonyl (C=O) groups is 1. The molecule has 2 N–H and O–H groups in total. The molecular formula is C27H28N6O2. The van der Waals surface area contributed by atoms with Crippen LogP contribution in [0.2, 0.25) is 0 Å². The van der Waals surface area contributed by atoms with E-state index in [0.717, 1.165) is 78.0 Å². The number of rotatable bonds is 7. The first kappa shape index (κ1) is 22.7. The molecule has 1 aliphatic rings. The predicted molar refractivity (Wildman–Crippen MR) is 134 cm³/mol. The van der Waals surface area contributed by atoms with Gasteiger partial charge in [0.25, 0.3) is 0 Å². The number of allylic oxidation sites excluding steroid dienone is 1. The first-order valence-electron chi connectivity index (χ1n) is 12.1. The normalized spacial score (nSPS) is 14.6. The van der Waals surface area contributed by atoms with Crippen LogP contribution in [0.4, 0.5) is 0 Å². The molecule has 0 amide bonds. The van der Waals surface area contributed by atoms with E-state index < -0.39 is 5.97 Å². The average Bonchev–Trinajstić information content (AvgIpc) is 3.46. The van der Waals surface area contributed by atoms with Crippen molar-refractivity contribution in [1.29, 1.82) is 0 Å². The summed E-state index contributed by atoms with van der Waals surface area (Å²) >= 11 is 0. The summed E-state index contributed by atoms with van der Waals surface area (Å²) in [6.45, 7) is 2.86. The highest BCUT2D eigenvalue weighted by molar-refractivity contribution is 5.90. The number of hydrogen-bond donors (Lipinski definition) is 2. The number of imidazole rings is 1. The Balaban J connectivity index is 1.48. The minimum absolute atomic E-state index is 0.570. The van der Waals surface area contributed by atoms with Gasteiger partial charge in [-0.25, -0.2) is 9.78 Å². The first-order chi connectivity index (χ1) is 17.1. The third-order valence-corrected chi connectivity index (χ3v) is 6.46. The van der Waals surface area contributed by atoms with Crippen LogP contribution in [0.3, 0.4) is 0 Å². The first-order valence-corrected chi connectivity index (χ1v) is 12.1. The monoisotopic (exact) mass is 468 g/mol. The molecular weight excluding hydrogens is 440 g/mol. The van der Waals surface area contributed by atoms with Crippen molar-refractivity contribution in [3.8, 4) is 22.5 Å². The molecule has 35 heavy (non-hydrogen) atoms. The van der Waals surface area contributed by atoms with E-state index >= 15 is 0 Å². The predicted octanol–water partition coefficient (Wildman–Crippen LogP) is 4.93. The van der Waals surface area contributed by atoms with Gasteiger partial charge in [-0.1, -0.05) is 55.5 Å². The Morgan fingerprint density at radius 3 is 2.57 bits per heavy atom. The van der Waals surface area contributed by atoms with Crippen molar-refractivity contribution in [2.24, 2.45) is 0 Å². The second kappa shape index (κ2) is 10.0. The minimum Gasteiger partial charge on any atom is -0.478 e. The maximum atomic E-state index is 11.4. The minimum atomic E-state index is -0.906. The van der Waals surface area contributed by atoms with Crippen molar-refractivity contribution in [3.05, 3.63) is 77.4 Å². The van der Waals surface area contributed by atoms with Crippen LogP contribution in [0, 0.1) is 0 Å². The lowest BCUT2D eigenvalue weighted by Gasteiger charge is -2.13. The Morgan fingerprint density at radius 1 is 1.09 bits per heavy atom. The second-order valence-electron chi connectivity index (χ2n) is 8.85. The maximum absolute atomic E-state index is 11.4. The van der Waals surface area contributed by atoms with Gasteiger partial charge in [-0.2, -0.15) is 5.21 Å². The molecule has 0 bridgehead atoms. The summed E-state index contributed by atoms with van der Waals surface area (Å²) in [5.41, 5.74) is 7.11. The van der Waals surface area contributed by atoms with Gasteiger partial charge in [0, 0.05) is 30.3 Å². The van der Waals surface area contributed by atoms with Gasteiger partial charge in [0.1, 0.15) is 5.82 Å². The summed E-state index contributed by atoms with van der Waals surface area (Å²) in [6.07, 6.45) is 6.88. The quantitative estimate of drug-likeness (QED) is 0.294. The van der Waals surface area contributed by atoms with Crippen LogP contribution in [0.5, 0.6) is 0 Å². The van der Waals surface area contributed by atoms with Crippen molar-refractivity contribution in [2.75, 3.05) is 0 Å². The number of aromatic amines is 1. The summed E-state index contributed by atoms with van der Waals surface area (Å²) < 4.78 is 2.31. The Bertz CT molecular complexity index is 1350. The number of carboxylic acids is 1. The summed E-state index contributed by atoms with van der Waals surface area (Å²) in [6, 6.07) is 16.6. The highest BCUT2D eigenvalue weighted by atomic mass is 16.4. The van der Waals surface area contributed by atoms with E-state index in [1.807, 2.05) is 18.2 Å². The average molecular weight is 469 g/mol. The van der Waals surface area contributed by atoms with E-state index in [4.69, 9.17) is 4.98 Å². The second-order valence-corrected chi connectivity index (χ2v) is 8.85. The molecule has 1 aliphatic carbocycles. The van der Waals surface area contributed by atoms with E-state index in [1.165, 1.54) is 11.6 Å². The number of nitrogens with one attached hydrogen (secondary N) is 1. The molecule has 4 aromatic rings. The number of aromatic nitrogens is 6. The Labute approximate surface area is 203 Å². The van der Waals surface area contributed by atoms with Gasteiger partial charge in [0.15, 0.2) is 0 Å². The van der Waals surface area contributed by atoms with Crippen molar-refractivity contribution < 1.29 is 9.90 Å². The van der Waals surface area contributed by atoms with Crippen LogP contribution in [0.1, 0.15) is 55.4 Å². The van der Waals surface area contributed by atoms with Crippen molar-refractivity contribution in [1.82, 2.24) is 30.2 Å². The molecule has 2 heterocycles. The lowest BCUT2D eigenvalue weighted by Crippen LogP contribution is -2.09. The van der Waals surface area contributed by atoms with Crippen LogP contribution < -0.4 is 0 Å². The van der Waals surface area contributed by atoms with Gasteiger partial charge >= 0.3 is 5.97 Å². The fourth-order valence-electron chi connectivity index (χ4n) is 4.84. The number of hydrogen-bond acceptors (Lipinski definition) is 5. The Morgan fingerprint density at radius 2 is 1.86 bits per heavy atom. The molecule has 0 radical (unpaired) electrons. The van der Waals surface area contributed by atoms with Crippen LogP contribution in [-0.2, 0) is 24.2 Å². The number of aryl methyl sites for hydroxylation is 1. The van der Waals surface area contributed by atoms with Gasteiger partial charge < -0.3 is 9.67 Å². The summed E-state index contributed by atoms with van der Waals surface area (Å²) in [4.78, 5) is 16.4. The zero-order chi connectivity index (χ0) is 24.2. The van der Waals surface area contributed by atoms with Crippen molar-refractivity contribution in [3.63, 3.8) is 0 Å². The maximum Gasteiger partial charge on any atom is 0.328 e. The number of tetrazole rings is 1. The van der Waals surface area contributed by atoms with Gasteiger partial charge in [-0.3, -0.25) is 0 Å². The molecule has 0 unspecified atom stereocenters. The number of H-pyrrole nitrogens is 1. The summed E-state index contributed by atoms with van der Waals surface area (Å²) in [7, 11) is 0. The zero-order valence-corrected chi connectivity index (χ0v) is 19.7. The van der Waals surface area contributed by atoms with Gasteiger partial charge in [0.05, 0.1) is 5.69 Å². The highest BCUT2D eigenvalue weighted by Crippen LogP contribution is 2.32. The van der Waals surface area contributed by atoms with E-state index in [-0.39, 0.29) is 0 Å². The molecule has 0 fully saturated rings. The fourth-order valence-corrected chi connectivity index (χ4v) is 4.84. The molecule has 178 valence electrons. The molecule has 8 nitrogen and oxygen atoms in total. The Hall–Kier alpha value is -4.07. The molecule has 2 aromatic carbocycles. The molecule has 0 saturated carbocycles. The van der Waals surface area contributed by atoms with Crippen LogP contribution >= 0.6 is 0 Å². The van der Waals surface area contributed by atoms with Gasteiger partial charge in [-0.05, 0) is 59.6 Å². The number of benzene rings is 2. The van der Waals surface area contributed by atoms with Crippen LogP contribution in [0.25, 0.3) is 28.1 Å². The van der Waals surface area contributed by atoms with Crippen LogP contribution in [-0.4, -0.2) is 41.3 Å². The van der Waals surface area contributed by atoms with Crippen molar-refractivity contribution >= 4 is 11.5 Å². The molecule has 0 spiro atoms. The molecule has 2 aromatic heterocycles. The summed E-state index contributed by atoms with van der Waals surface area (Å²) in [5.74, 6) is 0.693. The third kappa shape index (κ3) is 4.77. The van der Waals surface area contributed by atoms with E-state index in [9.17, 15) is 9.90 Å². The Kier molecular flexibility index (Phi) is 6.52. The molecule has 0 saturated heterocycles. The van der Waals surface area contributed by atoms with E-state index in [1.54, 1.807) is 0 Å². The molecule has 0 aliphatic heterocycles. The van der Waals surface area contributed by atoms with Gasteiger partial charge in [0.2, 0.25) is 5.82 Å². The summed E-state index contributed by atoms with van der Waals surface area (Å²) in [5, 5.41) is 23.9. The smallest absolute Gasteiger partial charge is 0.328 e. The van der Waals surface area contributed by atoms with Crippen molar-refractivity contribution in [2.45, 2.75) is 52.0 Å². The van der Waals surface area contributed by atoms with Gasteiger partial charge in [-0.15, -0.1) is 10.2 Å². The van der Waals surface area contributed by atoms with E-state index in [2.05, 4.69) is 62.4 Å². The standard InChI is InChI=1S/C27H28N6O2/c1-2-7-24-28-26-20(16-25(34)35)8-3-6-11-23(26)33(24)17-18-12-14-19(15-13-18)21-9-4-5-10-22(21)27-29-31-32-30-27/h4-5,9-10,12-16H,2-3,6-8,11,17H2,1H3,(H,34,35)(H,29,30,31,32)/b20-16+. The third-order valence-electron chi connectivity index (χ3n) is 6.46. The number of carboxylic acid groups (broad SMARTS) is 1. The van der Waals surface area contributed by atoms with E-state index in [0.29, 0.717) is 12.4 Å². The number of nitrogens with zero attached hydrogens (tertiary/aromatic N) is 5. The SMILES string of the molecule is CCCc1nc2c(n1Cc1ccc(-c3ccccc3-c3nn[nH]n3)cc1)CCCC/C2=C\C(=O)O. The topological polar surface area (TPSA) is 110 Å². The molecule has 0 atom stereocenters. The highest BCUT2D eigenvalue weighted by Gasteiger charge is 2.22. The zero-order valence-electron chi connectivity index (χ0n) is 19.7. The number of aliphatic carboxylic acids is 1. The lowest BCUT2D eigenvalue weighted by atomic mass is 9.98.